The zero-order chi connectivity index (χ0) is 13.4. The molecular formula is C16H34N2. The minimum absolute atomic E-state index is 0.407. The third kappa shape index (κ3) is 6.19. The highest BCUT2D eigenvalue weighted by molar-refractivity contribution is 4.76. The van der Waals surface area contributed by atoms with Crippen molar-refractivity contribution in [3.8, 4) is 0 Å². The summed E-state index contributed by atoms with van der Waals surface area (Å²) in [6, 6.07) is 0.807. The third-order valence-corrected chi connectivity index (χ3v) is 4.51. The topological polar surface area (TPSA) is 38.0 Å². The molecule has 0 radical (unpaired) electrons. The predicted octanol–water partition coefficient (Wildman–Crippen LogP) is 3.70. The fourth-order valence-corrected chi connectivity index (χ4v) is 3.17. The van der Waals surface area contributed by atoms with Gasteiger partial charge in [0.1, 0.15) is 0 Å². The van der Waals surface area contributed by atoms with Crippen LogP contribution in [0.4, 0.5) is 0 Å². The highest BCUT2D eigenvalue weighted by atomic mass is 14.9. The second-order valence-electron chi connectivity index (χ2n) is 7.07. The Balaban J connectivity index is 2.14. The van der Waals surface area contributed by atoms with E-state index in [0.717, 1.165) is 18.5 Å². The molecule has 1 unspecified atom stereocenters. The van der Waals surface area contributed by atoms with Gasteiger partial charge in [0.2, 0.25) is 0 Å². The van der Waals surface area contributed by atoms with E-state index < -0.39 is 0 Å². The molecule has 0 aromatic rings. The lowest BCUT2D eigenvalue weighted by molar-refractivity contribution is 0.209. The molecule has 0 saturated heterocycles. The van der Waals surface area contributed by atoms with Crippen molar-refractivity contribution < 1.29 is 0 Å². The van der Waals surface area contributed by atoms with E-state index in [2.05, 4.69) is 26.1 Å². The number of rotatable bonds is 7. The average Bonchev–Trinajstić information content (AvgIpc) is 2.33. The molecule has 0 aliphatic heterocycles. The van der Waals surface area contributed by atoms with E-state index in [0.29, 0.717) is 5.41 Å². The maximum Gasteiger partial charge on any atom is 0.00670 e. The molecule has 18 heavy (non-hydrogen) atoms. The third-order valence-electron chi connectivity index (χ3n) is 4.51. The molecule has 2 nitrogen and oxygen atoms in total. The van der Waals surface area contributed by atoms with Crippen LogP contribution in [-0.4, -0.2) is 19.1 Å². The fourth-order valence-electron chi connectivity index (χ4n) is 3.17. The first-order chi connectivity index (χ1) is 8.54. The van der Waals surface area contributed by atoms with Gasteiger partial charge in [0.15, 0.2) is 0 Å². The molecule has 3 N–H and O–H groups in total. The lowest BCUT2D eigenvalue weighted by Crippen LogP contribution is -2.32. The summed E-state index contributed by atoms with van der Waals surface area (Å²) in [6.45, 7) is 9.07. The van der Waals surface area contributed by atoms with E-state index in [1.54, 1.807) is 0 Å². The largest absolute Gasteiger partial charge is 0.330 e. The van der Waals surface area contributed by atoms with Crippen LogP contribution in [0.1, 0.15) is 72.1 Å². The van der Waals surface area contributed by atoms with Crippen LogP contribution in [0.25, 0.3) is 0 Å². The van der Waals surface area contributed by atoms with Crippen LogP contribution in [0.5, 0.6) is 0 Å². The first kappa shape index (κ1) is 16.0. The molecule has 2 heteroatoms. The summed E-state index contributed by atoms with van der Waals surface area (Å²) < 4.78 is 0. The lowest BCUT2D eigenvalue weighted by atomic mass is 9.76. The quantitative estimate of drug-likeness (QED) is 0.680. The molecule has 108 valence electrons. The first-order valence-electron chi connectivity index (χ1n) is 7.97. The predicted molar refractivity (Wildman–Crippen MR) is 80.7 cm³/mol. The van der Waals surface area contributed by atoms with Crippen LogP contribution >= 0.6 is 0 Å². The Morgan fingerprint density at radius 3 is 2.33 bits per heavy atom. The molecule has 1 aliphatic carbocycles. The zero-order valence-corrected chi connectivity index (χ0v) is 12.8. The number of hydrogen-bond donors (Lipinski definition) is 2. The van der Waals surface area contributed by atoms with Crippen molar-refractivity contribution in [2.24, 2.45) is 17.1 Å². The molecule has 1 fully saturated rings. The molecule has 0 amide bonds. The van der Waals surface area contributed by atoms with E-state index in [1.165, 1.54) is 57.9 Å². The zero-order valence-electron chi connectivity index (χ0n) is 12.8. The van der Waals surface area contributed by atoms with Crippen molar-refractivity contribution >= 4 is 0 Å². The lowest BCUT2D eigenvalue weighted by Gasteiger charge is -2.31. The summed E-state index contributed by atoms with van der Waals surface area (Å²) in [6.07, 6.45) is 10.9. The summed E-state index contributed by atoms with van der Waals surface area (Å²) in [5, 5.41) is 3.74. The number of nitrogens with one attached hydrogen (secondary N) is 1. The fraction of sp³-hybridized carbons (Fsp3) is 1.00. The standard InChI is InChI=1S/C16H34N2/c1-16(2,3)14(11-12-17)8-7-13-18-15-9-5-4-6-10-15/h14-15,18H,4-13,17H2,1-3H3. The maximum atomic E-state index is 5.73. The molecular weight excluding hydrogens is 220 g/mol. The van der Waals surface area contributed by atoms with Crippen LogP contribution in [0, 0.1) is 11.3 Å². The Kier molecular flexibility index (Phi) is 7.25. The molecule has 0 aromatic heterocycles. The molecule has 0 bridgehead atoms. The van der Waals surface area contributed by atoms with Gasteiger partial charge >= 0.3 is 0 Å². The van der Waals surface area contributed by atoms with Gasteiger partial charge in [-0.2, -0.15) is 0 Å². The second-order valence-corrected chi connectivity index (χ2v) is 7.07. The molecule has 1 saturated carbocycles. The minimum Gasteiger partial charge on any atom is -0.330 e. The highest BCUT2D eigenvalue weighted by Crippen LogP contribution is 2.31. The molecule has 0 heterocycles. The average molecular weight is 254 g/mol. The van der Waals surface area contributed by atoms with Crippen molar-refractivity contribution in [2.45, 2.75) is 78.2 Å². The van der Waals surface area contributed by atoms with Crippen LogP contribution < -0.4 is 11.1 Å². The highest BCUT2D eigenvalue weighted by Gasteiger charge is 2.23. The van der Waals surface area contributed by atoms with Crippen molar-refractivity contribution in [1.29, 1.82) is 0 Å². The van der Waals surface area contributed by atoms with Crippen molar-refractivity contribution in [1.82, 2.24) is 5.32 Å². The van der Waals surface area contributed by atoms with Gasteiger partial charge in [-0.25, -0.2) is 0 Å². The molecule has 0 spiro atoms. The SMILES string of the molecule is CC(C)(C)C(CCN)CCCNC1CCCCC1. The van der Waals surface area contributed by atoms with Gasteiger partial charge in [-0.05, 0) is 56.5 Å². The van der Waals surface area contributed by atoms with Gasteiger partial charge in [0.05, 0.1) is 0 Å². The van der Waals surface area contributed by atoms with E-state index >= 15 is 0 Å². The Hall–Kier alpha value is -0.0800. The summed E-state index contributed by atoms with van der Waals surface area (Å²) >= 11 is 0. The van der Waals surface area contributed by atoms with Crippen molar-refractivity contribution in [3.05, 3.63) is 0 Å². The van der Waals surface area contributed by atoms with Crippen molar-refractivity contribution in [2.75, 3.05) is 13.1 Å². The molecule has 1 rings (SSSR count). The smallest absolute Gasteiger partial charge is 0.00670 e. The van der Waals surface area contributed by atoms with Crippen LogP contribution in [0.3, 0.4) is 0 Å². The van der Waals surface area contributed by atoms with E-state index in [1.807, 2.05) is 0 Å². The van der Waals surface area contributed by atoms with Crippen LogP contribution in [0.15, 0.2) is 0 Å². The van der Waals surface area contributed by atoms with Gasteiger partial charge in [-0.15, -0.1) is 0 Å². The van der Waals surface area contributed by atoms with Gasteiger partial charge in [0.25, 0.3) is 0 Å². The minimum atomic E-state index is 0.407. The van der Waals surface area contributed by atoms with Crippen molar-refractivity contribution in [3.63, 3.8) is 0 Å². The number of hydrogen-bond acceptors (Lipinski definition) is 2. The Labute approximate surface area is 114 Å². The summed E-state index contributed by atoms with van der Waals surface area (Å²) in [5.74, 6) is 0.774. The van der Waals surface area contributed by atoms with E-state index in [-0.39, 0.29) is 0 Å². The molecule has 0 aromatic carbocycles. The molecule has 1 aliphatic rings. The Morgan fingerprint density at radius 2 is 1.78 bits per heavy atom. The van der Waals surface area contributed by atoms with E-state index in [4.69, 9.17) is 5.73 Å². The number of nitrogens with two attached hydrogens (primary N) is 1. The summed E-state index contributed by atoms with van der Waals surface area (Å²) in [7, 11) is 0. The monoisotopic (exact) mass is 254 g/mol. The van der Waals surface area contributed by atoms with Gasteiger partial charge in [-0.3, -0.25) is 0 Å². The normalized spacial score (nSPS) is 20.0. The van der Waals surface area contributed by atoms with Crippen LogP contribution in [0.2, 0.25) is 0 Å². The Bertz CT molecular complexity index is 202. The van der Waals surface area contributed by atoms with Gasteiger partial charge < -0.3 is 11.1 Å². The molecule has 1 atom stereocenters. The summed E-state index contributed by atoms with van der Waals surface area (Å²) in [4.78, 5) is 0. The van der Waals surface area contributed by atoms with Crippen LogP contribution in [-0.2, 0) is 0 Å². The summed E-state index contributed by atoms with van der Waals surface area (Å²) in [5.41, 5.74) is 6.14. The van der Waals surface area contributed by atoms with E-state index in [9.17, 15) is 0 Å². The first-order valence-corrected chi connectivity index (χ1v) is 7.97. The van der Waals surface area contributed by atoms with Gasteiger partial charge in [0, 0.05) is 6.04 Å². The maximum absolute atomic E-state index is 5.73. The second kappa shape index (κ2) is 8.16. The van der Waals surface area contributed by atoms with Gasteiger partial charge in [-0.1, -0.05) is 40.0 Å². The Morgan fingerprint density at radius 1 is 1.11 bits per heavy atom.